The Bertz CT molecular complexity index is 578. The Balaban J connectivity index is 1.96. The number of hydrogen-bond acceptors (Lipinski definition) is 4. The van der Waals surface area contributed by atoms with Gasteiger partial charge in [0, 0.05) is 19.1 Å². The van der Waals surface area contributed by atoms with E-state index in [1.807, 2.05) is 50.2 Å². The van der Waals surface area contributed by atoms with Gasteiger partial charge in [-0.25, -0.2) is 0 Å². The first-order valence-corrected chi connectivity index (χ1v) is 6.92. The van der Waals surface area contributed by atoms with E-state index in [1.54, 1.807) is 0 Å². The van der Waals surface area contributed by atoms with E-state index in [4.69, 9.17) is 9.26 Å². The maximum absolute atomic E-state index is 12.2. The van der Waals surface area contributed by atoms with Crippen molar-refractivity contribution in [3.8, 4) is 0 Å². The van der Waals surface area contributed by atoms with Crippen molar-refractivity contribution in [3.05, 3.63) is 53.4 Å². The lowest BCUT2D eigenvalue weighted by atomic mass is 10.1. The summed E-state index contributed by atoms with van der Waals surface area (Å²) in [5, 5.41) is 6.75. The van der Waals surface area contributed by atoms with E-state index in [2.05, 4.69) is 10.5 Å². The molecule has 2 aromatic rings. The fourth-order valence-electron chi connectivity index (χ4n) is 1.98. The topological polar surface area (TPSA) is 64.4 Å². The second-order valence-corrected chi connectivity index (χ2v) is 5.12. The van der Waals surface area contributed by atoms with Gasteiger partial charge in [0.2, 0.25) is 0 Å². The van der Waals surface area contributed by atoms with Crippen molar-refractivity contribution < 1.29 is 14.1 Å². The average molecular weight is 288 g/mol. The molecular weight excluding hydrogens is 268 g/mol. The number of nitrogens with zero attached hydrogens (tertiary/aromatic N) is 1. The van der Waals surface area contributed by atoms with Crippen molar-refractivity contribution in [3.63, 3.8) is 0 Å². The summed E-state index contributed by atoms with van der Waals surface area (Å²) in [6.45, 7) is 4.38. The molecule has 1 aromatic carbocycles. The number of rotatable bonds is 6. The van der Waals surface area contributed by atoms with Gasteiger partial charge >= 0.3 is 0 Å². The predicted octanol–water partition coefficient (Wildman–Crippen LogP) is 2.80. The highest BCUT2D eigenvalue weighted by Gasteiger charge is 2.20. The molecule has 2 rings (SSSR count). The molecule has 1 aromatic heterocycles. The lowest BCUT2D eigenvalue weighted by molar-refractivity contribution is -0.131. The fraction of sp³-hybridized carbons (Fsp3) is 0.375. The largest absolute Gasteiger partial charge is 0.367 e. The van der Waals surface area contributed by atoms with Gasteiger partial charge in [0.25, 0.3) is 5.91 Å². The zero-order valence-electron chi connectivity index (χ0n) is 12.5. The second kappa shape index (κ2) is 7.04. The van der Waals surface area contributed by atoms with Crippen LogP contribution in [0.5, 0.6) is 0 Å². The maximum atomic E-state index is 12.2. The first kappa shape index (κ1) is 15.3. The molecule has 0 aliphatic rings. The molecule has 0 bridgehead atoms. The Morgan fingerprint density at radius 3 is 2.62 bits per heavy atom. The third kappa shape index (κ3) is 3.92. The summed E-state index contributed by atoms with van der Waals surface area (Å²) < 4.78 is 10.5. The highest BCUT2D eigenvalue weighted by Crippen LogP contribution is 2.17. The zero-order valence-corrected chi connectivity index (χ0v) is 12.5. The van der Waals surface area contributed by atoms with Crippen LogP contribution in [0.4, 0.5) is 0 Å². The molecule has 1 heterocycles. The number of ether oxygens (including phenoxy) is 1. The Kier molecular flexibility index (Phi) is 5.11. The Labute approximate surface area is 124 Å². The number of nitrogens with one attached hydrogen (secondary N) is 1. The molecule has 0 aliphatic carbocycles. The van der Waals surface area contributed by atoms with E-state index >= 15 is 0 Å². The SMILES string of the molecule is CO[C@H](C(=O)NCc1cc(C(C)C)on1)c1ccccc1. The summed E-state index contributed by atoms with van der Waals surface area (Å²) in [6.07, 6.45) is -0.623. The number of methoxy groups -OCH3 is 1. The van der Waals surface area contributed by atoms with Gasteiger partial charge in [-0.2, -0.15) is 0 Å². The molecule has 5 nitrogen and oxygen atoms in total. The molecule has 0 saturated heterocycles. The molecule has 0 spiro atoms. The molecule has 5 heteroatoms. The van der Waals surface area contributed by atoms with E-state index < -0.39 is 6.10 Å². The third-order valence-corrected chi connectivity index (χ3v) is 3.17. The Morgan fingerprint density at radius 1 is 1.33 bits per heavy atom. The molecule has 0 fully saturated rings. The van der Waals surface area contributed by atoms with Crippen LogP contribution in [0.25, 0.3) is 0 Å². The molecule has 0 saturated carbocycles. The van der Waals surface area contributed by atoms with E-state index in [0.29, 0.717) is 12.2 Å². The van der Waals surface area contributed by atoms with Crippen molar-refractivity contribution in [1.29, 1.82) is 0 Å². The van der Waals surface area contributed by atoms with Gasteiger partial charge in [-0.15, -0.1) is 0 Å². The van der Waals surface area contributed by atoms with Crippen LogP contribution in [-0.2, 0) is 16.1 Å². The number of carbonyl (C=O) groups is 1. The van der Waals surface area contributed by atoms with E-state index in [0.717, 1.165) is 11.3 Å². The summed E-state index contributed by atoms with van der Waals surface area (Å²) in [4.78, 5) is 12.2. The first-order chi connectivity index (χ1) is 10.1. The minimum absolute atomic E-state index is 0.196. The molecule has 0 radical (unpaired) electrons. The van der Waals surface area contributed by atoms with Gasteiger partial charge in [-0.3, -0.25) is 4.79 Å². The zero-order chi connectivity index (χ0) is 15.2. The van der Waals surface area contributed by atoms with Crippen LogP contribution >= 0.6 is 0 Å². The Morgan fingerprint density at radius 2 is 2.05 bits per heavy atom. The van der Waals surface area contributed by atoms with Gasteiger partial charge in [-0.1, -0.05) is 49.3 Å². The summed E-state index contributed by atoms with van der Waals surface area (Å²) >= 11 is 0. The molecule has 0 aliphatic heterocycles. The normalized spacial score (nSPS) is 12.4. The maximum Gasteiger partial charge on any atom is 0.254 e. The smallest absolute Gasteiger partial charge is 0.254 e. The van der Waals surface area contributed by atoms with Gasteiger partial charge in [0.15, 0.2) is 6.10 Å². The minimum Gasteiger partial charge on any atom is -0.367 e. The van der Waals surface area contributed by atoms with E-state index in [-0.39, 0.29) is 11.8 Å². The van der Waals surface area contributed by atoms with Crippen molar-refractivity contribution in [2.24, 2.45) is 0 Å². The molecule has 1 atom stereocenters. The predicted molar refractivity (Wildman–Crippen MR) is 78.6 cm³/mol. The highest BCUT2D eigenvalue weighted by atomic mass is 16.5. The number of hydrogen-bond donors (Lipinski definition) is 1. The van der Waals surface area contributed by atoms with Crippen molar-refractivity contribution >= 4 is 5.91 Å². The number of amides is 1. The monoisotopic (exact) mass is 288 g/mol. The van der Waals surface area contributed by atoms with Crippen molar-refractivity contribution in [2.75, 3.05) is 7.11 Å². The summed E-state index contributed by atoms with van der Waals surface area (Å²) in [5.74, 6) is 0.890. The summed E-state index contributed by atoms with van der Waals surface area (Å²) in [7, 11) is 1.52. The second-order valence-electron chi connectivity index (χ2n) is 5.12. The van der Waals surface area contributed by atoms with Gasteiger partial charge in [-0.05, 0) is 5.56 Å². The van der Waals surface area contributed by atoms with Gasteiger partial charge in [0.1, 0.15) is 11.5 Å². The molecule has 1 amide bonds. The lowest BCUT2D eigenvalue weighted by Gasteiger charge is -2.14. The van der Waals surface area contributed by atoms with Gasteiger partial charge in [0.05, 0.1) is 6.54 Å². The quantitative estimate of drug-likeness (QED) is 0.887. The highest BCUT2D eigenvalue weighted by molar-refractivity contribution is 5.82. The minimum atomic E-state index is -0.623. The lowest BCUT2D eigenvalue weighted by Crippen LogP contribution is -2.30. The number of benzene rings is 1. The van der Waals surface area contributed by atoms with Crippen LogP contribution in [0.15, 0.2) is 40.9 Å². The van der Waals surface area contributed by atoms with Crippen LogP contribution in [-0.4, -0.2) is 18.2 Å². The summed E-state index contributed by atoms with van der Waals surface area (Å²) in [5.41, 5.74) is 1.52. The van der Waals surface area contributed by atoms with Crippen LogP contribution in [0.3, 0.4) is 0 Å². The first-order valence-electron chi connectivity index (χ1n) is 6.92. The van der Waals surface area contributed by atoms with Crippen LogP contribution in [0.1, 0.15) is 42.9 Å². The summed E-state index contributed by atoms with van der Waals surface area (Å²) in [6, 6.07) is 11.2. The van der Waals surface area contributed by atoms with E-state index in [1.165, 1.54) is 7.11 Å². The third-order valence-electron chi connectivity index (χ3n) is 3.17. The standard InChI is InChI=1S/C16H20N2O3/c1-11(2)14-9-13(18-21-14)10-17-16(19)15(20-3)12-7-5-4-6-8-12/h4-9,11,15H,10H2,1-3H3,(H,17,19)/t15-/m0/s1. The molecule has 0 unspecified atom stereocenters. The fourth-order valence-corrected chi connectivity index (χ4v) is 1.98. The molecular formula is C16H20N2O3. The van der Waals surface area contributed by atoms with E-state index in [9.17, 15) is 4.79 Å². The molecule has 1 N–H and O–H groups in total. The number of carbonyl (C=O) groups excluding carboxylic acids is 1. The number of aromatic nitrogens is 1. The van der Waals surface area contributed by atoms with Gasteiger partial charge < -0.3 is 14.6 Å². The van der Waals surface area contributed by atoms with Crippen molar-refractivity contribution in [1.82, 2.24) is 10.5 Å². The molecule has 21 heavy (non-hydrogen) atoms. The molecule has 112 valence electrons. The van der Waals surface area contributed by atoms with Crippen LogP contribution < -0.4 is 5.32 Å². The van der Waals surface area contributed by atoms with Crippen molar-refractivity contribution in [2.45, 2.75) is 32.4 Å². The van der Waals surface area contributed by atoms with Crippen LogP contribution in [0.2, 0.25) is 0 Å². The van der Waals surface area contributed by atoms with Crippen LogP contribution in [0, 0.1) is 0 Å². The average Bonchev–Trinajstić information content (AvgIpc) is 2.96. The Hall–Kier alpha value is -2.14.